The molecule has 0 bridgehead atoms. The second-order valence-electron chi connectivity index (χ2n) is 6.62. The van der Waals surface area contributed by atoms with Crippen LogP contribution in [0.5, 0.6) is 0 Å². The number of carbonyl (C=O) groups is 1. The fourth-order valence-electron chi connectivity index (χ4n) is 3.62. The molecule has 0 atom stereocenters. The van der Waals surface area contributed by atoms with E-state index in [1.165, 1.54) is 5.56 Å². The molecule has 0 radical (unpaired) electrons. The molecule has 2 aliphatic rings. The van der Waals surface area contributed by atoms with Crippen LogP contribution in [0.3, 0.4) is 0 Å². The molecule has 7 nitrogen and oxygen atoms in total. The standard InChI is InChI=1S/C18H20N6O/c1-22-11-15(10-20-22)24-7-6-23(12-17(24)25)18-14(9-19)8-13-4-2-3-5-16(13)21-18/h8,10-11H,2-7,12H2,1H3. The normalized spacial score (nSPS) is 17.4. The molecule has 3 heterocycles. The highest BCUT2D eigenvalue weighted by atomic mass is 16.2. The van der Waals surface area contributed by atoms with E-state index in [-0.39, 0.29) is 12.5 Å². The van der Waals surface area contributed by atoms with Crippen molar-refractivity contribution in [1.29, 1.82) is 5.26 Å². The van der Waals surface area contributed by atoms with E-state index in [1.807, 2.05) is 24.2 Å². The van der Waals surface area contributed by atoms with E-state index >= 15 is 0 Å². The number of anilines is 2. The van der Waals surface area contributed by atoms with Gasteiger partial charge in [-0.1, -0.05) is 0 Å². The van der Waals surface area contributed by atoms with Gasteiger partial charge in [0, 0.05) is 32.0 Å². The van der Waals surface area contributed by atoms with E-state index < -0.39 is 0 Å². The zero-order chi connectivity index (χ0) is 17.4. The van der Waals surface area contributed by atoms with Crippen LogP contribution in [0.4, 0.5) is 11.5 Å². The minimum absolute atomic E-state index is 0.00246. The van der Waals surface area contributed by atoms with Crippen LogP contribution in [-0.2, 0) is 24.7 Å². The molecule has 4 rings (SSSR count). The van der Waals surface area contributed by atoms with Crippen molar-refractivity contribution in [3.8, 4) is 6.07 Å². The van der Waals surface area contributed by atoms with Gasteiger partial charge < -0.3 is 9.80 Å². The average molecular weight is 336 g/mol. The van der Waals surface area contributed by atoms with Crippen molar-refractivity contribution in [2.45, 2.75) is 25.7 Å². The van der Waals surface area contributed by atoms with Gasteiger partial charge in [0.1, 0.15) is 11.9 Å². The number of pyridine rings is 1. The van der Waals surface area contributed by atoms with Crippen molar-refractivity contribution >= 4 is 17.4 Å². The molecule has 2 aromatic rings. The molecule has 1 saturated heterocycles. The number of carbonyl (C=O) groups excluding carboxylic acids is 1. The summed E-state index contributed by atoms with van der Waals surface area (Å²) < 4.78 is 1.69. The van der Waals surface area contributed by atoms with Crippen LogP contribution in [-0.4, -0.2) is 40.3 Å². The maximum Gasteiger partial charge on any atom is 0.246 e. The maximum absolute atomic E-state index is 12.6. The van der Waals surface area contributed by atoms with Gasteiger partial charge in [0.25, 0.3) is 0 Å². The number of rotatable bonds is 2. The molecule has 1 amide bonds. The Labute approximate surface area is 146 Å². The lowest BCUT2D eigenvalue weighted by Gasteiger charge is -2.35. The molecular weight excluding hydrogens is 316 g/mol. The third-order valence-electron chi connectivity index (χ3n) is 4.92. The molecule has 25 heavy (non-hydrogen) atoms. The SMILES string of the molecule is Cn1cc(N2CCN(c3nc4c(cc3C#N)CCCC4)CC2=O)cn1. The third-order valence-corrected chi connectivity index (χ3v) is 4.92. The number of hydrogen-bond donors (Lipinski definition) is 0. The van der Waals surface area contributed by atoms with E-state index in [4.69, 9.17) is 4.98 Å². The Morgan fingerprint density at radius 2 is 2.08 bits per heavy atom. The zero-order valence-corrected chi connectivity index (χ0v) is 14.3. The van der Waals surface area contributed by atoms with Crippen molar-refractivity contribution in [2.75, 3.05) is 29.4 Å². The lowest BCUT2D eigenvalue weighted by atomic mass is 9.95. The van der Waals surface area contributed by atoms with Crippen LogP contribution in [0.25, 0.3) is 0 Å². The molecule has 128 valence electrons. The highest BCUT2D eigenvalue weighted by Crippen LogP contribution is 2.28. The minimum atomic E-state index is 0.00246. The second-order valence-corrected chi connectivity index (χ2v) is 6.62. The summed E-state index contributed by atoms with van der Waals surface area (Å²) in [6.45, 7) is 1.45. The molecular formula is C18H20N6O. The summed E-state index contributed by atoms with van der Waals surface area (Å²) in [4.78, 5) is 21.1. The highest BCUT2D eigenvalue weighted by molar-refractivity contribution is 5.97. The van der Waals surface area contributed by atoms with Gasteiger partial charge in [0.2, 0.25) is 5.91 Å². The first-order valence-electron chi connectivity index (χ1n) is 8.62. The van der Waals surface area contributed by atoms with Crippen molar-refractivity contribution < 1.29 is 4.79 Å². The van der Waals surface area contributed by atoms with Gasteiger partial charge in [-0.15, -0.1) is 0 Å². The van der Waals surface area contributed by atoms with Gasteiger partial charge >= 0.3 is 0 Å². The number of piperazine rings is 1. The van der Waals surface area contributed by atoms with E-state index in [0.717, 1.165) is 37.1 Å². The first kappa shape index (κ1) is 15.6. The Morgan fingerprint density at radius 3 is 2.80 bits per heavy atom. The van der Waals surface area contributed by atoms with Crippen LogP contribution < -0.4 is 9.80 Å². The van der Waals surface area contributed by atoms with Crippen LogP contribution >= 0.6 is 0 Å². The summed E-state index contributed by atoms with van der Waals surface area (Å²) in [5.74, 6) is 0.657. The van der Waals surface area contributed by atoms with Crippen molar-refractivity contribution in [3.63, 3.8) is 0 Å². The molecule has 0 saturated carbocycles. The molecule has 1 fully saturated rings. The van der Waals surface area contributed by atoms with Gasteiger partial charge in [-0.25, -0.2) is 4.98 Å². The molecule has 1 aliphatic carbocycles. The van der Waals surface area contributed by atoms with Gasteiger partial charge in [0.05, 0.1) is 24.0 Å². The van der Waals surface area contributed by atoms with E-state index in [1.54, 1.807) is 15.8 Å². The predicted molar refractivity (Wildman–Crippen MR) is 93.4 cm³/mol. The van der Waals surface area contributed by atoms with E-state index in [2.05, 4.69) is 11.2 Å². The molecule has 0 unspecified atom stereocenters. The number of aromatic nitrogens is 3. The summed E-state index contributed by atoms with van der Waals surface area (Å²) in [6.07, 6.45) is 7.78. The molecule has 1 aliphatic heterocycles. The van der Waals surface area contributed by atoms with Crippen LogP contribution in [0.2, 0.25) is 0 Å². The van der Waals surface area contributed by atoms with Crippen LogP contribution in [0, 0.1) is 11.3 Å². The minimum Gasteiger partial charge on any atom is -0.344 e. The van der Waals surface area contributed by atoms with Crippen molar-refractivity contribution in [3.05, 3.63) is 35.3 Å². The molecule has 2 aromatic heterocycles. The summed E-state index contributed by atoms with van der Waals surface area (Å²) in [5.41, 5.74) is 3.66. The van der Waals surface area contributed by atoms with Gasteiger partial charge in [-0.05, 0) is 37.3 Å². The van der Waals surface area contributed by atoms with Gasteiger partial charge in [-0.2, -0.15) is 10.4 Å². The summed E-state index contributed by atoms with van der Waals surface area (Å²) in [5, 5.41) is 13.7. The average Bonchev–Trinajstić information content (AvgIpc) is 3.06. The van der Waals surface area contributed by atoms with Crippen molar-refractivity contribution in [2.24, 2.45) is 7.05 Å². The Hall–Kier alpha value is -2.88. The van der Waals surface area contributed by atoms with Crippen molar-refractivity contribution in [1.82, 2.24) is 14.8 Å². The maximum atomic E-state index is 12.6. The number of amides is 1. The Bertz CT molecular complexity index is 865. The topological polar surface area (TPSA) is 78.0 Å². The van der Waals surface area contributed by atoms with E-state index in [0.29, 0.717) is 24.5 Å². The van der Waals surface area contributed by atoms with E-state index in [9.17, 15) is 10.1 Å². The second kappa shape index (κ2) is 6.20. The highest BCUT2D eigenvalue weighted by Gasteiger charge is 2.29. The zero-order valence-electron chi connectivity index (χ0n) is 14.3. The predicted octanol–water partition coefficient (Wildman–Crippen LogP) is 1.42. The lowest BCUT2D eigenvalue weighted by molar-refractivity contribution is -0.117. The summed E-state index contributed by atoms with van der Waals surface area (Å²) in [7, 11) is 1.83. The Kier molecular flexibility index (Phi) is 3.88. The van der Waals surface area contributed by atoms with Gasteiger partial charge in [0.15, 0.2) is 0 Å². The number of nitriles is 1. The monoisotopic (exact) mass is 336 g/mol. The quantitative estimate of drug-likeness (QED) is 0.829. The lowest BCUT2D eigenvalue weighted by Crippen LogP contribution is -2.51. The molecule has 7 heteroatoms. The Balaban J connectivity index is 1.59. The fraction of sp³-hybridized carbons (Fsp3) is 0.444. The fourth-order valence-corrected chi connectivity index (χ4v) is 3.62. The smallest absolute Gasteiger partial charge is 0.246 e. The van der Waals surface area contributed by atoms with Gasteiger partial charge in [-0.3, -0.25) is 9.48 Å². The first-order chi connectivity index (χ1) is 12.2. The number of nitrogens with zero attached hydrogens (tertiary/aromatic N) is 6. The number of fused-ring (bicyclic) bond motifs is 1. The molecule has 0 spiro atoms. The number of hydrogen-bond acceptors (Lipinski definition) is 5. The van der Waals surface area contributed by atoms with Crippen LogP contribution in [0.15, 0.2) is 18.5 Å². The Morgan fingerprint density at radius 1 is 1.24 bits per heavy atom. The number of aryl methyl sites for hydroxylation is 3. The summed E-state index contributed by atoms with van der Waals surface area (Å²) >= 11 is 0. The summed E-state index contributed by atoms with van der Waals surface area (Å²) in [6, 6.07) is 4.23. The third kappa shape index (κ3) is 2.84. The largest absolute Gasteiger partial charge is 0.344 e. The van der Waals surface area contributed by atoms with Crippen LogP contribution in [0.1, 0.15) is 29.7 Å². The first-order valence-corrected chi connectivity index (χ1v) is 8.62. The molecule has 0 aromatic carbocycles. The molecule has 0 N–H and O–H groups in total.